The third-order valence-corrected chi connectivity index (χ3v) is 7.76. The molecule has 0 saturated heterocycles. The molecule has 0 amide bonds. The van der Waals surface area contributed by atoms with E-state index >= 15 is 0 Å². The molecule has 1 aliphatic heterocycles. The fourth-order valence-corrected chi connectivity index (χ4v) is 5.31. The maximum absolute atomic E-state index is 13.0. The summed E-state index contributed by atoms with van der Waals surface area (Å²) in [7, 11) is -4.15. The Morgan fingerprint density at radius 3 is 2.46 bits per heavy atom. The van der Waals surface area contributed by atoms with Gasteiger partial charge in [-0.15, -0.1) is 5.10 Å². The second-order valence-electron chi connectivity index (χ2n) is 8.98. The molecule has 212 valence electrons. The molecule has 0 spiro atoms. The van der Waals surface area contributed by atoms with Crippen molar-refractivity contribution in [2.75, 3.05) is 11.3 Å². The number of anilines is 1. The van der Waals surface area contributed by atoms with Crippen LogP contribution >= 0.6 is 0 Å². The summed E-state index contributed by atoms with van der Waals surface area (Å²) < 4.78 is 35.0. The molecule has 1 aliphatic rings. The van der Waals surface area contributed by atoms with Gasteiger partial charge in [-0.05, 0) is 24.3 Å². The van der Waals surface area contributed by atoms with Gasteiger partial charge in [-0.1, -0.05) is 30.3 Å². The van der Waals surface area contributed by atoms with Crippen molar-refractivity contribution in [3.05, 3.63) is 76.7 Å². The van der Waals surface area contributed by atoms with E-state index in [1.807, 2.05) is 0 Å². The topological polar surface area (TPSA) is 230 Å². The number of nitrogens with one attached hydrogen (secondary N) is 1. The minimum absolute atomic E-state index is 0. The van der Waals surface area contributed by atoms with Gasteiger partial charge in [0.1, 0.15) is 35.7 Å². The maximum atomic E-state index is 13.0. The van der Waals surface area contributed by atoms with Crippen molar-refractivity contribution in [2.45, 2.75) is 36.2 Å². The average molecular weight is 598 g/mol. The summed E-state index contributed by atoms with van der Waals surface area (Å²) in [5.41, 5.74) is 0.375. The Hall–Kier alpha value is -3.38. The Labute approximate surface area is 255 Å². The van der Waals surface area contributed by atoms with Crippen LogP contribution in [0.3, 0.4) is 0 Å². The first-order valence-corrected chi connectivity index (χ1v) is 13.3. The van der Waals surface area contributed by atoms with Gasteiger partial charge in [0.15, 0.2) is 0 Å². The van der Waals surface area contributed by atoms with Gasteiger partial charge in [-0.3, -0.25) is 14.8 Å². The first-order valence-electron chi connectivity index (χ1n) is 11.8. The predicted molar refractivity (Wildman–Crippen MR) is 135 cm³/mol. The average Bonchev–Trinajstić information content (AvgIpc) is 3.42. The monoisotopic (exact) mass is 597 g/mol. The molecule has 1 aromatic heterocycles. The molecule has 0 unspecified atom stereocenters. The number of carboxylic acids is 1. The van der Waals surface area contributed by atoms with E-state index in [0.29, 0.717) is 5.56 Å². The number of carbonyl (C=O) groups excluding carboxylic acids is 1. The number of carbonyl (C=O) groups is 1. The number of nitro benzene ring substituents is 1. The molecule has 2 heterocycles. The SMILES string of the molecule is C[C@H]1[C@H]([C@H](O)[C@H](O)CO)OC(C(=O)[O-])=C[C@@H]1n1cc(-c2ccccc2NS(=O)(=O)c2ccc([N+](=O)[O-])cc2)nn1.[Na+]. The summed E-state index contributed by atoms with van der Waals surface area (Å²) >= 11 is 0. The fourth-order valence-electron chi connectivity index (χ4n) is 4.23. The van der Waals surface area contributed by atoms with Gasteiger partial charge in [0, 0.05) is 23.6 Å². The first-order chi connectivity index (χ1) is 18.9. The molecular weight excluding hydrogens is 573 g/mol. The first kappa shape index (κ1) is 32.1. The van der Waals surface area contributed by atoms with Gasteiger partial charge in [0.05, 0.1) is 34.4 Å². The molecular formula is C24H24N5NaO10S. The van der Waals surface area contributed by atoms with E-state index in [1.54, 1.807) is 25.1 Å². The van der Waals surface area contributed by atoms with Crippen LogP contribution in [-0.2, 0) is 19.6 Å². The number of aromatic nitrogens is 3. The van der Waals surface area contributed by atoms with E-state index in [-0.39, 0.29) is 51.5 Å². The Bertz CT molecular complexity index is 1550. The van der Waals surface area contributed by atoms with E-state index in [9.17, 15) is 43.8 Å². The summed E-state index contributed by atoms with van der Waals surface area (Å²) in [6, 6.07) is 9.75. The van der Waals surface area contributed by atoms with E-state index in [0.717, 1.165) is 24.3 Å². The number of carboxylic acid groups (broad SMARTS) is 1. The number of rotatable bonds is 10. The van der Waals surface area contributed by atoms with Gasteiger partial charge in [0.25, 0.3) is 15.7 Å². The summed E-state index contributed by atoms with van der Waals surface area (Å²) in [6.45, 7) is 0.821. The van der Waals surface area contributed by atoms with E-state index in [1.165, 1.54) is 23.0 Å². The molecule has 4 rings (SSSR count). The number of benzene rings is 2. The number of non-ortho nitro benzene ring substituents is 1. The van der Waals surface area contributed by atoms with Crippen LogP contribution in [0.15, 0.2) is 71.5 Å². The molecule has 2 aromatic carbocycles. The van der Waals surface area contributed by atoms with Crippen LogP contribution in [0.2, 0.25) is 0 Å². The largest absolute Gasteiger partial charge is 1.00 e. The number of para-hydroxylation sites is 1. The van der Waals surface area contributed by atoms with Crippen molar-refractivity contribution < 1.29 is 72.9 Å². The zero-order valence-corrected chi connectivity index (χ0v) is 24.6. The predicted octanol–water partition coefficient (Wildman–Crippen LogP) is -3.42. The molecule has 41 heavy (non-hydrogen) atoms. The third-order valence-electron chi connectivity index (χ3n) is 6.38. The molecule has 3 aromatic rings. The molecule has 17 heteroatoms. The van der Waals surface area contributed by atoms with Crippen LogP contribution in [0.25, 0.3) is 11.3 Å². The molecule has 0 radical (unpaired) electrons. The van der Waals surface area contributed by atoms with Crippen LogP contribution in [-0.4, -0.2) is 74.5 Å². The number of allylic oxidation sites excluding steroid dienone is 1. The van der Waals surface area contributed by atoms with E-state index in [4.69, 9.17) is 4.74 Å². The zero-order valence-electron chi connectivity index (χ0n) is 21.8. The summed E-state index contributed by atoms with van der Waals surface area (Å²) in [6.07, 6.45) is -1.85. The Morgan fingerprint density at radius 2 is 1.85 bits per heavy atom. The second kappa shape index (κ2) is 13.1. The number of aliphatic hydroxyl groups excluding tert-OH is 3. The van der Waals surface area contributed by atoms with Gasteiger partial charge in [-0.2, -0.15) is 0 Å². The van der Waals surface area contributed by atoms with Gasteiger partial charge < -0.3 is 30.0 Å². The standard InChI is InChI=1S/C24H25N5O10S.Na/c1-13-19(10-21(24(33)34)39-23(13)22(32)20(31)12-30)28-11-18(25-27-28)16-4-2-3-5-17(16)26-40(37,38)15-8-6-14(7-9-15)29(35)36;/h2-11,13,19-20,22-23,26,30-32H,12H2,1H3,(H,33,34);/q;+1/p-1/t13-,19+,20-,22-,23-;/m1./s1. The van der Waals surface area contributed by atoms with Crippen molar-refractivity contribution in [3.8, 4) is 11.3 Å². The Morgan fingerprint density at radius 1 is 1.20 bits per heavy atom. The summed E-state index contributed by atoms with van der Waals surface area (Å²) in [5, 5.41) is 60.1. The molecule has 5 atom stereocenters. The minimum atomic E-state index is -4.15. The zero-order chi connectivity index (χ0) is 29.2. The van der Waals surface area contributed by atoms with Gasteiger partial charge in [-0.25, -0.2) is 13.1 Å². The molecule has 0 fully saturated rings. The number of hydrogen-bond acceptors (Lipinski definition) is 12. The number of aliphatic carboxylic acids is 1. The summed E-state index contributed by atoms with van der Waals surface area (Å²) in [5.74, 6) is -2.95. The van der Waals surface area contributed by atoms with Crippen molar-refractivity contribution in [1.82, 2.24) is 15.0 Å². The molecule has 0 saturated carbocycles. The summed E-state index contributed by atoms with van der Waals surface area (Å²) in [4.78, 5) is 21.6. The second-order valence-corrected chi connectivity index (χ2v) is 10.7. The molecule has 0 aliphatic carbocycles. The fraction of sp³-hybridized carbons (Fsp3) is 0.292. The normalized spacial score (nSPS) is 20.1. The van der Waals surface area contributed by atoms with E-state index in [2.05, 4.69) is 15.0 Å². The van der Waals surface area contributed by atoms with Crippen LogP contribution in [0.4, 0.5) is 11.4 Å². The van der Waals surface area contributed by atoms with Crippen molar-refractivity contribution >= 4 is 27.4 Å². The smallest absolute Gasteiger partial charge is 0.542 e. The van der Waals surface area contributed by atoms with Crippen LogP contribution in [0.1, 0.15) is 13.0 Å². The van der Waals surface area contributed by atoms with Crippen LogP contribution in [0.5, 0.6) is 0 Å². The number of nitrogens with zero attached hydrogens (tertiary/aromatic N) is 4. The minimum Gasteiger partial charge on any atom is -0.542 e. The number of ether oxygens (including phenoxy) is 1. The van der Waals surface area contributed by atoms with Gasteiger partial charge in [0.2, 0.25) is 0 Å². The number of aliphatic hydroxyl groups is 3. The van der Waals surface area contributed by atoms with Crippen LogP contribution < -0.4 is 39.4 Å². The number of nitro groups is 1. The Kier molecular flexibility index (Phi) is 10.2. The quantitative estimate of drug-likeness (QED) is 0.102. The molecule has 15 nitrogen and oxygen atoms in total. The maximum Gasteiger partial charge on any atom is 1.00 e. The number of sulfonamides is 1. The molecule has 4 N–H and O–H groups in total. The van der Waals surface area contributed by atoms with Crippen molar-refractivity contribution in [2.24, 2.45) is 5.92 Å². The Balaban J connectivity index is 0.00000462. The van der Waals surface area contributed by atoms with E-state index < -0.39 is 63.6 Å². The van der Waals surface area contributed by atoms with Crippen molar-refractivity contribution in [3.63, 3.8) is 0 Å². The third kappa shape index (κ3) is 6.92. The molecule has 0 bridgehead atoms. The van der Waals surface area contributed by atoms with Crippen molar-refractivity contribution in [1.29, 1.82) is 0 Å². The van der Waals surface area contributed by atoms with Crippen LogP contribution in [0, 0.1) is 16.0 Å². The number of hydrogen-bond donors (Lipinski definition) is 4. The van der Waals surface area contributed by atoms with Gasteiger partial charge >= 0.3 is 29.6 Å².